The maximum atomic E-state index is 12.6. The molecule has 0 saturated heterocycles. The summed E-state index contributed by atoms with van der Waals surface area (Å²) in [6.07, 6.45) is 2.30. The summed E-state index contributed by atoms with van der Waals surface area (Å²) in [4.78, 5) is 36.8. The van der Waals surface area contributed by atoms with Crippen LogP contribution in [0.3, 0.4) is 0 Å². The molecule has 0 radical (unpaired) electrons. The molecular weight excluding hydrogens is 298 g/mol. The Morgan fingerprint density at radius 2 is 2.09 bits per heavy atom. The van der Waals surface area contributed by atoms with E-state index in [9.17, 15) is 14.4 Å². The molecule has 1 amide bonds. The summed E-state index contributed by atoms with van der Waals surface area (Å²) in [7, 11) is 0. The van der Waals surface area contributed by atoms with Gasteiger partial charge in [-0.15, -0.1) is 6.58 Å². The highest BCUT2D eigenvalue weighted by atomic mass is 16.6. The van der Waals surface area contributed by atoms with Crippen molar-refractivity contribution in [1.82, 2.24) is 5.32 Å². The predicted octanol–water partition coefficient (Wildman–Crippen LogP) is 2.62. The molecule has 6 nitrogen and oxygen atoms in total. The maximum Gasteiger partial charge on any atom is 0.407 e. The Hall–Kier alpha value is -1.85. The smallest absolute Gasteiger partial charge is 0.407 e. The Morgan fingerprint density at radius 1 is 1.43 bits per heavy atom. The zero-order chi connectivity index (χ0) is 17.7. The number of hydrogen-bond donors (Lipinski definition) is 1. The van der Waals surface area contributed by atoms with Crippen LogP contribution in [0.15, 0.2) is 12.7 Å². The van der Waals surface area contributed by atoms with Crippen LogP contribution in [0.1, 0.15) is 47.0 Å². The van der Waals surface area contributed by atoms with Gasteiger partial charge >= 0.3 is 12.1 Å². The number of amides is 1. The number of carbonyl (C=O) groups is 3. The van der Waals surface area contributed by atoms with E-state index in [1.54, 1.807) is 33.8 Å². The molecule has 0 aromatic heterocycles. The third-order valence-electron chi connectivity index (χ3n) is 3.86. The molecule has 0 spiro atoms. The number of ketones is 1. The average molecular weight is 325 g/mol. The second-order valence-electron chi connectivity index (χ2n) is 6.82. The zero-order valence-corrected chi connectivity index (χ0v) is 14.4. The van der Waals surface area contributed by atoms with Crippen molar-refractivity contribution in [3.8, 4) is 0 Å². The molecule has 1 fully saturated rings. The van der Waals surface area contributed by atoms with Gasteiger partial charge < -0.3 is 14.8 Å². The molecule has 1 rings (SSSR count). The molecule has 1 aliphatic carbocycles. The minimum Gasteiger partial charge on any atom is -0.465 e. The lowest BCUT2D eigenvalue weighted by atomic mass is 9.69. The molecule has 1 saturated carbocycles. The highest BCUT2D eigenvalue weighted by molar-refractivity contribution is 6.05. The van der Waals surface area contributed by atoms with Gasteiger partial charge in [-0.2, -0.15) is 0 Å². The van der Waals surface area contributed by atoms with Gasteiger partial charge in [-0.05, 0) is 46.5 Å². The quantitative estimate of drug-likeness (QED) is 0.477. The highest BCUT2D eigenvalue weighted by Crippen LogP contribution is 2.37. The van der Waals surface area contributed by atoms with Crippen LogP contribution in [-0.2, 0) is 19.1 Å². The van der Waals surface area contributed by atoms with E-state index in [4.69, 9.17) is 9.47 Å². The second-order valence-corrected chi connectivity index (χ2v) is 6.82. The molecule has 6 heteroatoms. The van der Waals surface area contributed by atoms with E-state index in [2.05, 4.69) is 11.9 Å². The first-order chi connectivity index (χ1) is 10.6. The van der Waals surface area contributed by atoms with Crippen LogP contribution >= 0.6 is 0 Å². The normalized spacial score (nSPS) is 24.7. The Balaban J connectivity index is 2.85. The fourth-order valence-corrected chi connectivity index (χ4v) is 2.59. The average Bonchev–Trinajstić information content (AvgIpc) is 2.44. The van der Waals surface area contributed by atoms with Crippen LogP contribution in [-0.4, -0.2) is 36.6 Å². The number of esters is 1. The maximum absolute atomic E-state index is 12.6. The first-order valence-corrected chi connectivity index (χ1v) is 7.94. The topological polar surface area (TPSA) is 81.7 Å². The van der Waals surface area contributed by atoms with E-state index in [0.29, 0.717) is 12.8 Å². The van der Waals surface area contributed by atoms with Crippen molar-refractivity contribution in [2.24, 2.45) is 11.3 Å². The summed E-state index contributed by atoms with van der Waals surface area (Å²) >= 11 is 0. The monoisotopic (exact) mass is 325 g/mol. The molecule has 0 aliphatic heterocycles. The first-order valence-electron chi connectivity index (χ1n) is 7.94. The summed E-state index contributed by atoms with van der Waals surface area (Å²) < 4.78 is 10.2. The van der Waals surface area contributed by atoms with Crippen molar-refractivity contribution in [3.63, 3.8) is 0 Å². The van der Waals surface area contributed by atoms with Gasteiger partial charge in [-0.1, -0.05) is 6.08 Å². The summed E-state index contributed by atoms with van der Waals surface area (Å²) in [5.74, 6) is -0.738. The van der Waals surface area contributed by atoms with Gasteiger partial charge in [0.05, 0.1) is 6.61 Å². The van der Waals surface area contributed by atoms with Crippen molar-refractivity contribution in [2.45, 2.75) is 52.6 Å². The van der Waals surface area contributed by atoms with E-state index in [0.717, 1.165) is 0 Å². The van der Waals surface area contributed by atoms with Crippen molar-refractivity contribution >= 4 is 17.8 Å². The molecular formula is C17H27NO5. The molecule has 1 N–H and O–H groups in total. The molecule has 23 heavy (non-hydrogen) atoms. The number of alkyl carbamates (subject to hydrolysis) is 1. The van der Waals surface area contributed by atoms with Crippen LogP contribution in [0.25, 0.3) is 0 Å². The number of ether oxygens (including phenoxy) is 2. The fraction of sp³-hybridized carbons (Fsp3) is 0.706. The van der Waals surface area contributed by atoms with Crippen molar-refractivity contribution < 1.29 is 23.9 Å². The Morgan fingerprint density at radius 3 is 2.57 bits per heavy atom. The third kappa shape index (κ3) is 5.08. The predicted molar refractivity (Wildman–Crippen MR) is 85.8 cm³/mol. The molecule has 2 atom stereocenters. The molecule has 0 heterocycles. The van der Waals surface area contributed by atoms with E-state index < -0.39 is 23.1 Å². The lowest BCUT2D eigenvalue weighted by Crippen LogP contribution is -2.52. The van der Waals surface area contributed by atoms with Crippen molar-refractivity contribution in [1.29, 1.82) is 0 Å². The van der Waals surface area contributed by atoms with E-state index >= 15 is 0 Å². The van der Waals surface area contributed by atoms with Crippen molar-refractivity contribution in [2.75, 3.05) is 13.2 Å². The SMILES string of the molecule is C=CC1CCC(CNC(=O)OC(C)(C)C)(C(=O)OCC)C(=O)C1. The van der Waals surface area contributed by atoms with E-state index in [1.807, 2.05) is 0 Å². The van der Waals surface area contributed by atoms with Crippen LogP contribution in [0.4, 0.5) is 4.79 Å². The molecule has 130 valence electrons. The first kappa shape index (κ1) is 19.2. The Bertz CT molecular complexity index is 480. The fourth-order valence-electron chi connectivity index (χ4n) is 2.59. The highest BCUT2D eigenvalue weighted by Gasteiger charge is 2.50. The third-order valence-corrected chi connectivity index (χ3v) is 3.86. The number of hydrogen-bond acceptors (Lipinski definition) is 5. The van der Waals surface area contributed by atoms with Gasteiger partial charge in [-0.3, -0.25) is 9.59 Å². The van der Waals surface area contributed by atoms with Crippen LogP contribution in [0.5, 0.6) is 0 Å². The van der Waals surface area contributed by atoms with E-state index in [1.165, 1.54) is 0 Å². The van der Waals surface area contributed by atoms with Gasteiger partial charge in [0.15, 0.2) is 5.78 Å². The zero-order valence-electron chi connectivity index (χ0n) is 14.4. The van der Waals surface area contributed by atoms with E-state index in [-0.39, 0.29) is 31.3 Å². The minimum absolute atomic E-state index is 0.0616. The number of nitrogens with one attached hydrogen (secondary N) is 1. The summed E-state index contributed by atoms with van der Waals surface area (Å²) in [6.45, 7) is 10.7. The van der Waals surface area contributed by atoms with Gasteiger partial charge in [0.2, 0.25) is 0 Å². The number of rotatable bonds is 5. The van der Waals surface area contributed by atoms with Gasteiger partial charge in [0.1, 0.15) is 11.0 Å². The lowest BCUT2D eigenvalue weighted by molar-refractivity contribution is -0.162. The molecule has 0 aromatic rings. The minimum atomic E-state index is -1.33. The standard InChI is InChI=1S/C17H27NO5/c1-6-12-8-9-17(13(19)10-12,14(20)22-7-2)11-18-15(21)23-16(3,4)5/h6,12H,1,7-11H2,2-5H3,(H,18,21). The Labute approximate surface area is 137 Å². The van der Waals surface area contributed by atoms with Gasteiger partial charge in [-0.25, -0.2) is 4.79 Å². The Kier molecular flexibility index (Phi) is 6.36. The molecule has 2 unspecified atom stereocenters. The van der Waals surface area contributed by atoms with Crippen LogP contribution in [0, 0.1) is 11.3 Å². The number of carbonyl (C=O) groups excluding carboxylic acids is 3. The van der Waals surface area contributed by atoms with Crippen molar-refractivity contribution in [3.05, 3.63) is 12.7 Å². The summed E-state index contributed by atoms with van der Waals surface area (Å²) in [5.41, 5.74) is -1.97. The lowest BCUT2D eigenvalue weighted by Gasteiger charge is -2.36. The second kappa shape index (κ2) is 7.62. The largest absolute Gasteiger partial charge is 0.465 e. The van der Waals surface area contributed by atoms with Gasteiger partial charge in [0, 0.05) is 13.0 Å². The molecule has 0 aromatic carbocycles. The number of allylic oxidation sites excluding steroid dienone is 1. The summed E-state index contributed by atoms with van der Waals surface area (Å²) in [6, 6.07) is 0. The molecule has 0 bridgehead atoms. The van der Waals surface area contributed by atoms with Crippen LogP contribution < -0.4 is 5.32 Å². The van der Waals surface area contributed by atoms with Gasteiger partial charge in [0.25, 0.3) is 0 Å². The number of Topliss-reactive ketones (excluding diaryl/α,β-unsaturated/α-hetero) is 1. The molecule has 1 aliphatic rings. The summed E-state index contributed by atoms with van der Waals surface area (Å²) in [5, 5.41) is 2.54. The van der Waals surface area contributed by atoms with Crippen LogP contribution in [0.2, 0.25) is 0 Å².